The van der Waals surface area contributed by atoms with E-state index in [0.29, 0.717) is 5.01 Å². The van der Waals surface area contributed by atoms with Crippen LogP contribution in [0.2, 0.25) is 0 Å². The number of nitro benzene ring substituents is 1. The summed E-state index contributed by atoms with van der Waals surface area (Å²) in [5, 5.41) is 13.3. The summed E-state index contributed by atoms with van der Waals surface area (Å²) in [5.41, 5.74) is 4.69. The predicted octanol–water partition coefficient (Wildman–Crippen LogP) is 1.67. The summed E-state index contributed by atoms with van der Waals surface area (Å²) >= 11 is 4.32. The van der Waals surface area contributed by atoms with E-state index in [1.54, 1.807) is 12.3 Å². The number of thiazole rings is 1. The molecule has 27 heavy (non-hydrogen) atoms. The molecule has 0 aliphatic rings. The van der Waals surface area contributed by atoms with E-state index < -0.39 is 29.3 Å². The lowest BCUT2D eigenvalue weighted by molar-refractivity contribution is -0.385. The third-order valence-electron chi connectivity index (χ3n) is 3.03. The molecule has 0 aliphatic carbocycles. The van der Waals surface area contributed by atoms with Crippen LogP contribution in [0.5, 0.6) is 0 Å². The molecular weight excluding hydrogens is 444 g/mol. The molecule has 142 valence electrons. The van der Waals surface area contributed by atoms with Crippen LogP contribution >= 0.6 is 27.3 Å². The highest BCUT2D eigenvalue weighted by molar-refractivity contribution is 9.10. The van der Waals surface area contributed by atoms with E-state index in [1.807, 2.05) is 0 Å². The summed E-state index contributed by atoms with van der Waals surface area (Å²) in [5.74, 6) is -2.16. The molecule has 0 bridgehead atoms. The normalized spacial score (nSPS) is 10.1. The van der Waals surface area contributed by atoms with E-state index in [-0.39, 0.29) is 22.1 Å². The van der Waals surface area contributed by atoms with Crippen molar-refractivity contribution < 1.29 is 24.0 Å². The first-order valence-electron chi connectivity index (χ1n) is 7.36. The van der Waals surface area contributed by atoms with Gasteiger partial charge in [-0.3, -0.25) is 30.6 Å². The topological polar surface area (TPSA) is 141 Å². The fourth-order valence-corrected chi connectivity index (χ4v) is 3.00. The Hall–Kier alpha value is -2.86. The molecule has 0 fully saturated rings. The zero-order valence-corrected chi connectivity index (χ0v) is 16.3. The Morgan fingerprint density at radius 1 is 1.30 bits per heavy atom. The summed E-state index contributed by atoms with van der Waals surface area (Å²) in [7, 11) is 0. The zero-order chi connectivity index (χ0) is 20.0. The monoisotopic (exact) mass is 456 g/mol. The van der Waals surface area contributed by atoms with Crippen LogP contribution in [0.1, 0.15) is 21.1 Å². The average molecular weight is 457 g/mol. The maximum atomic E-state index is 11.9. The number of carbonyl (C=O) groups is 3. The van der Waals surface area contributed by atoms with E-state index >= 15 is 0 Å². The van der Waals surface area contributed by atoms with Gasteiger partial charge in [-0.05, 0) is 35.0 Å². The van der Waals surface area contributed by atoms with Crippen molar-refractivity contribution in [2.24, 2.45) is 0 Å². The largest absolute Gasteiger partial charge is 0.452 e. The molecule has 0 saturated carbocycles. The second-order valence-corrected chi connectivity index (χ2v) is 6.95. The van der Waals surface area contributed by atoms with Gasteiger partial charge in [0.05, 0.1) is 21.4 Å². The number of esters is 1. The molecule has 0 aliphatic heterocycles. The lowest BCUT2D eigenvalue weighted by atomic mass is 10.2. The van der Waals surface area contributed by atoms with Crippen LogP contribution in [0.4, 0.5) is 5.69 Å². The van der Waals surface area contributed by atoms with Crippen molar-refractivity contribution in [1.29, 1.82) is 0 Å². The van der Waals surface area contributed by atoms with Crippen molar-refractivity contribution in [3.8, 4) is 0 Å². The number of hydrazine groups is 1. The molecule has 0 unspecified atom stereocenters. The maximum absolute atomic E-state index is 11.9. The van der Waals surface area contributed by atoms with Gasteiger partial charge in [0.25, 0.3) is 11.6 Å². The van der Waals surface area contributed by atoms with Crippen LogP contribution in [0.25, 0.3) is 0 Å². The Bertz CT molecular complexity index is 900. The Kier molecular flexibility index (Phi) is 6.96. The molecular formula is C15H13BrN4O6S. The average Bonchev–Trinajstić information content (AvgIpc) is 3.02. The number of benzene rings is 1. The minimum atomic E-state index is -0.912. The van der Waals surface area contributed by atoms with Crippen molar-refractivity contribution >= 4 is 50.7 Å². The van der Waals surface area contributed by atoms with Crippen molar-refractivity contribution in [3.63, 3.8) is 0 Å². The number of carbonyl (C=O) groups excluding carboxylic acids is 3. The van der Waals surface area contributed by atoms with Crippen molar-refractivity contribution in [2.75, 3.05) is 6.61 Å². The minimum Gasteiger partial charge on any atom is -0.452 e. The number of halogens is 1. The summed E-state index contributed by atoms with van der Waals surface area (Å²) in [6, 6.07) is 3.67. The third kappa shape index (κ3) is 6.11. The molecule has 0 spiro atoms. The highest BCUT2D eigenvalue weighted by Crippen LogP contribution is 2.25. The van der Waals surface area contributed by atoms with Gasteiger partial charge in [-0.25, -0.2) is 9.78 Å². The number of amides is 2. The van der Waals surface area contributed by atoms with Crippen LogP contribution in [-0.2, 0) is 20.7 Å². The standard InChI is InChI=1S/C15H13BrN4O6S/c1-8-7-27-14(17-8)5-12(21)18-19-13(22)6-26-15(23)9-2-3-10(16)11(4-9)20(24)25/h2-4,7H,5-6H2,1H3,(H,18,21)(H,19,22). The van der Waals surface area contributed by atoms with Gasteiger partial charge in [0.15, 0.2) is 6.61 Å². The van der Waals surface area contributed by atoms with E-state index in [4.69, 9.17) is 4.74 Å². The van der Waals surface area contributed by atoms with Crippen molar-refractivity contribution in [3.05, 3.63) is 54.4 Å². The zero-order valence-electron chi connectivity index (χ0n) is 13.9. The summed E-state index contributed by atoms with van der Waals surface area (Å²) in [6.45, 7) is 1.13. The molecule has 1 aromatic heterocycles. The fourth-order valence-electron chi connectivity index (χ4n) is 1.83. The number of aromatic nitrogens is 1. The Balaban J connectivity index is 1.79. The van der Waals surface area contributed by atoms with Gasteiger partial charge in [-0.15, -0.1) is 11.3 Å². The third-order valence-corrected chi connectivity index (χ3v) is 4.67. The summed E-state index contributed by atoms with van der Waals surface area (Å²) in [6.07, 6.45) is 0.00113. The molecule has 0 saturated heterocycles. The van der Waals surface area contributed by atoms with Gasteiger partial charge < -0.3 is 4.74 Å². The molecule has 2 amide bonds. The van der Waals surface area contributed by atoms with Crippen molar-refractivity contribution in [1.82, 2.24) is 15.8 Å². The molecule has 10 nitrogen and oxygen atoms in total. The Morgan fingerprint density at radius 2 is 2.00 bits per heavy atom. The number of nitrogens with zero attached hydrogens (tertiary/aromatic N) is 2. The van der Waals surface area contributed by atoms with E-state index in [2.05, 4.69) is 31.8 Å². The van der Waals surface area contributed by atoms with Crippen LogP contribution in [0.3, 0.4) is 0 Å². The SMILES string of the molecule is Cc1csc(CC(=O)NNC(=O)COC(=O)c2ccc(Br)c([N+](=O)[O-])c2)n1. The molecule has 1 aromatic carbocycles. The Labute approximate surface area is 165 Å². The van der Waals surface area contributed by atoms with Gasteiger partial charge in [0.2, 0.25) is 5.91 Å². The number of aryl methyl sites for hydroxylation is 1. The highest BCUT2D eigenvalue weighted by Gasteiger charge is 2.18. The Morgan fingerprint density at radius 3 is 2.63 bits per heavy atom. The predicted molar refractivity (Wildman–Crippen MR) is 97.9 cm³/mol. The first kappa shape index (κ1) is 20.5. The van der Waals surface area contributed by atoms with Gasteiger partial charge in [-0.1, -0.05) is 0 Å². The van der Waals surface area contributed by atoms with Crippen molar-refractivity contribution in [2.45, 2.75) is 13.3 Å². The molecule has 2 N–H and O–H groups in total. The number of rotatable bonds is 6. The maximum Gasteiger partial charge on any atom is 0.338 e. The van der Waals surface area contributed by atoms with Gasteiger partial charge >= 0.3 is 5.97 Å². The number of hydrogen-bond acceptors (Lipinski definition) is 8. The van der Waals surface area contributed by atoms with E-state index in [9.17, 15) is 24.5 Å². The number of hydrogen-bond donors (Lipinski definition) is 2. The molecule has 2 aromatic rings. The first-order valence-corrected chi connectivity index (χ1v) is 9.03. The molecule has 2 rings (SSSR count). The second kappa shape index (κ2) is 9.19. The van der Waals surface area contributed by atoms with Gasteiger partial charge in [-0.2, -0.15) is 0 Å². The second-order valence-electron chi connectivity index (χ2n) is 5.16. The number of nitro groups is 1. The van der Waals surface area contributed by atoms with Crippen LogP contribution in [-0.4, -0.2) is 34.3 Å². The molecule has 1 heterocycles. The number of ether oxygens (including phenoxy) is 1. The molecule has 0 radical (unpaired) electrons. The summed E-state index contributed by atoms with van der Waals surface area (Å²) < 4.78 is 4.98. The van der Waals surface area contributed by atoms with E-state index in [0.717, 1.165) is 11.8 Å². The quantitative estimate of drug-likeness (QED) is 0.382. The van der Waals surface area contributed by atoms with Crippen LogP contribution in [0, 0.1) is 17.0 Å². The fraction of sp³-hybridized carbons (Fsp3) is 0.200. The number of nitrogens with one attached hydrogen (secondary N) is 2. The first-order chi connectivity index (χ1) is 12.8. The lowest BCUT2D eigenvalue weighted by Crippen LogP contribution is -2.44. The van der Waals surface area contributed by atoms with Gasteiger partial charge in [0.1, 0.15) is 5.01 Å². The minimum absolute atomic E-state index is 0.00113. The summed E-state index contributed by atoms with van der Waals surface area (Å²) in [4.78, 5) is 49.5. The smallest absolute Gasteiger partial charge is 0.338 e. The van der Waals surface area contributed by atoms with Crippen LogP contribution < -0.4 is 10.9 Å². The molecule has 12 heteroatoms. The van der Waals surface area contributed by atoms with Crippen LogP contribution in [0.15, 0.2) is 28.1 Å². The lowest BCUT2D eigenvalue weighted by Gasteiger charge is -2.08. The molecule has 0 atom stereocenters. The highest BCUT2D eigenvalue weighted by atomic mass is 79.9. The van der Waals surface area contributed by atoms with E-state index in [1.165, 1.54) is 23.5 Å². The van der Waals surface area contributed by atoms with Gasteiger partial charge in [0, 0.05) is 17.1 Å².